The third-order valence-electron chi connectivity index (χ3n) is 4.28. The van der Waals surface area contributed by atoms with Crippen molar-refractivity contribution in [3.05, 3.63) is 52.0 Å². The van der Waals surface area contributed by atoms with E-state index in [1.807, 2.05) is 0 Å². The van der Waals surface area contributed by atoms with Crippen LogP contribution in [0.3, 0.4) is 0 Å². The second kappa shape index (κ2) is 7.97. The minimum atomic E-state index is -3.81. The van der Waals surface area contributed by atoms with Crippen LogP contribution in [0.2, 0.25) is 0 Å². The quantitative estimate of drug-likeness (QED) is 0.662. The number of anilines is 1. The van der Waals surface area contributed by atoms with Gasteiger partial charge in [-0.15, -0.1) is 0 Å². The molecule has 10 heteroatoms. The molecule has 2 N–H and O–H groups in total. The van der Waals surface area contributed by atoms with Gasteiger partial charge in [0.05, 0.1) is 36.1 Å². The standard InChI is InChI=1S/C19H18BrN3O5S/c1-11-15(8-12-9-17(27-2)18(28-3)10-16(12)20)19(24)23(22-11)13-4-6-14(7-5-13)29(21,25)26/h4-10H,1-3H3,(H2,21,25,26)/b15-8+. The smallest absolute Gasteiger partial charge is 0.280 e. The zero-order valence-corrected chi connectivity index (χ0v) is 18.2. The van der Waals surface area contributed by atoms with Gasteiger partial charge in [0.2, 0.25) is 10.0 Å². The summed E-state index contributed by atoms with van der Waals surface area (Å²) in [6.07, 6.45) is 1.70. The first-order chi connectivity index (χ1) is 13.7. The van der Waals surface area contributed by atoms with Crippen molar-refractivity contribution in [3.63, 3.8) is 0 Å². The number of primary sulfonamides is 1. The van der Waals surface area contributed by atoms with Crippen LogP contribution in [-0.2, 0) is 14.8 Å². The van der Waals surface area contributed by atoms with Crippen LogP contribution in [-0.4, -0.2) is 34.3 Å². The number of benzene rings is 2. The fraction of sp³-hybridized carbons (Fsp3) is 0.158. The third-order valence-corrected chi connectivity index (χ3v) is 5.89. The van der Waals surface area contributed by atoms with E-state index in [1.165, 1.54) is 36.4 Å². The van der Waals surface area contributed by atoms with Crippen molar-refractivity contribution in [2.45, 2.75) is 11.8 Å². The first-order valence-electron chi connectivity index (χ1n) is 8.32. The number of hydrazone groups is 1. The predicted molar refractivity (Wildman–Crippen MR) is 114 cm³/mol. The van der Waals surface area contributed by atoms with Crippen molar-refractivity contribution < 1.29 is 22.7 Å². The van der Waals surface area contributed by atoms with E-state index in [0.717, 1.165) is 4.47 Å². The van der Waals surface area contributed by atoms with E-state index in [2.05, 4.69) is 21.0 Å². The number of rotatable bonds is 5. The van der Waals surface area contributed by atoms with Crippen LogP contribution in [0.4, 0.5) is 5.69 Å². The van der Waals surface area contributed by atoms with Crippen molar-refractivity contribution in [2.75, 3.05) is 19.2 Å². The Labute approximate surface area is 176 Å². The molecule has 0 saturated heterocycles. The number of nitrogens with two attached hydrogens (primary N) is 1. The highest BCUT2D eigenvalue weighted by molar-refractivity contribution is 9.10. The second-order valence-corrected chi connectivity index (χ2v) is 8.54. The molecule has 152 valence electrons. The van der Waals surface area contributed by atoms with E-state index in [4.69, 9.17) is 14.6 Å². The van der Waals surface area contributed by atoms with Crippen LogP contribution >= 0.6 is 15.9 Å². The average molecular weight is 480 g/mol. The Morgan fingerprint density at radius 2 is 1.69 bits per heavy atom. The molecule has 2 aromatic carbocycles. The van der Waals surface area contributed by atoms with Crippen molar-refractivity contribution in [1.82, 2.24) is 0 Å². The number of ether oxygens (including phenoxy) is 2. The molecule has 0 aromatic heterocycles. The number of carbonyl (C=O) groups is 1. The van der Waals surface area contributed by atoms with E-state index in [-0.39, 0.29) is 10.8 Å². The van der Waals surface area contributed by atoms with E-state index < -0.39 is 10.0 Å². The molecular weight excluding hydrogens is 462 g/mol. The van der Waals surface area contributed by atoms with Crippen LogP contribution in [0.1, 0.15) is 12.5 Å². The Balaban J connectivity index is 1.96. The Hall–Kier alpha value is -2.69. The van der Waals surface area contributed by atoms with Crippen LogP contribution in [0, 0.1) is 0 Å². The van der Waals surface area contributed by atoms with Crippen molar-refractivity contribution in [3.8, 4) is 11.5 Å². The largest absolute Gasteiger partial charge is 0.493 e. The Kier molecular flexibility index (Phi) is 5.78. The molecule has 2 aromatic rings. The number of hydrogen-bond donors (Lipinski definition) is 1. The number of nitrogens with zero attached hydrogens (tertiary/aromatic N) is 2. The van der Waals surface area contributed by atoms with Gasteiger partial charge in [-0.3, -0.25) is 4.79 Å². The topological polar surface area (TPSA) is 111 Å². The molecule has 3 rings (SSSR count). The number of halogens is 1. The average Bonchev–Trinajstić information content (AvgIpc) is 2.96. The van der Waals surface area contributed by atoms with Gasteiger partial charge in [0.1, 0.15) is 0 Å². The summed E-state index contributed by atoms with van der Waals surface area (Å²) >= 11 is 3.47. The minimum Gasteiger partial charge on any atom is -0.493 e. The van der Waals surface area contributed by atoms with Gasteiger partial charge in [0, 0.05) is 4.47 Å². The first-order valence-corrected chi connectivity index (χ1v) is 10.7. The van der Waals surface area contributed by atoms with Crippen LogP contribution < -0.4 is 19.6 Å². The molecule has 0 atom stereocenters. The van der Waals surface area contributed by atoms with Gasteiger partial charge in [-0.2, -0.15) is 10.1 Å². The molecule has 0 radical (unpaired) electrons. The van der Waals surface area contributed by atoms with Gasteiger partial charge >= 0.3 is 0 Å². The number of methoxy groups -OCH3 is 2. The third kappa shape index (κ3) is 4.19. The molecule has 0 fully saturated rings. The molecule has 0 saturated carbocycles. The molecule has 0 unspecified atom stereocenters. The molecule has 0 spiro atoms. The minimum absolute atomic E-state index is 0.0429. The number of amides is 1. The lowest BCUT2D eigenvalue weighted by molar-refractivity contribution is -0.114. The summed E-state index contributed by atoms with van der Waals surface area (Å²) in [7, 11) is -0.743. The lowest BCUT2D eigenvalue weighted by atomic mass is 10.1. The van der Waals surface area contributed by atoms with Crippen LogP contribution in [0.15, 0.2) is 56.4 Å². The van der Waals surface area contributed by atoms with Crippen LogP contribution in [0.25, 0.3) is 6.08 Å². The Bertz CT molecular complexity index is 1140. The molecule has 1 amide bonds. The molecule has 1 aliphatic rings. The molecule has 0 bridgehead atoms. The second-order valence-electron chi connectivity index (χ2n) is 6.13. The van der Waals surface area contributed by atoms with E-state index >= 15 is 0 Å². The van der Waals surface area contributed by atoms with Crippen LogP contribution in [0.5, 0.6) is 11.5 Å². The zero-order chi connectivity index (χ0) is 21.3. The molecule has 8 nitrogen and oxygen atoms in total. The summed E-state index contributed by atoms with van der Waals surface area (Å²) in [5.74, 6) is 0.742. The highest BCUT2D eigenvalue weighted by Gasteiger charge is 2.29. The molecule has 1 heterocycles. The van der Waals surface area contributed by atoms with Gasteiger partial charge in [-0.1, -0.05) is 15.9 Å². The van der Waals surface area contributed by atoms with E-state index in [9.17, 15) is 13.2 Å². The van der Waals surface area contributed by atoms with Gasteiger partial charge in [0.25, 0.3) is 5.91 Å². The highest BCUT2D eigenvalue weighted by Crippen LogP contribution is 2.35. The summed E-state index contributed by atoms with van der Waals surface area (Å²) < 4.78 is 34.1. The normalized spacial score (nSPS) is 15.6. The number of sulfonamides is 1. The van der Waals surface area contributed by atoms with Gasteiger partial charge in [-0.05, 0) is 55.0 Å². The SMILES string of the molecule is COc1cc(Br)c(/C=C2/C(=O)N(c3ccc(S(N)(=O)=O)cc3)N=C2C)cc1OC. The molecule has 0 aliphatic carbocycles. The maximum absolute atomic E-state index is 12.9. The van der Waals surface area contributed by atoms with E-state index in [1.54, 1.807) is 32.2 Å². The lowest BCUT2D eigenvalue weighted by Gasteiger charge is -2.12. The predicted octanol–water partition coefficient (Wildman–Crippen LogP) is 2.92. The van der Waals surface area contributed by atoms with Crippen molar-refractivity contribution in [2.24, 2.45) is 10.2 Å². The summed E-state index contributed by atoms with van der Waals surface area (Å²) in [5, 5.41) is 10.6. The summed E-state index contributed by atoms with van der Waals surface area (Å²) in [6.45, 7) is 1.72. The van der Waals surface area contributed by atoms with Crippen molar-refractivity contribution >= 4 is 49.3 Å². The van der Waals surface area contributed by atoms with E-state index in [0.29, 0.717) is 34.0 Å². The molecular formula is C19H18BrN3O5S. The Morgan fingerprint density at radius 1 is 1.10 bits per heavy atom. The molecule has 29 heavy (non-hydrogen) atoms. The fourth-order valence-electron chi connectivity index (χ4n) is 2.77. The molecule has 1 aliphatic heterocycles. The zero-order valence-electron chi connectivity index (χ0n) is 15.8. The maximum atomic E-state index is 12.9. The number of hydrogen-bond acceptors (Lipinski definition) is 6. The first kappa shape index (κ1) is 21.0. The number of carbonyl (C=O) groups excluding carboxylic acids is 1. The van der Waals surface area contributed by atoms with Gasteiger partial charge in [-0.25, -0.2) is 13.6 Å². The van der Waals surface area contributed by atoms with Gasteiger partial charge in [0.15, 0.2) is 11.5 Å². The Morgan fingerprint density at radius 3 is 2.24 bits per heavy atom. The monoisotopic (exact) mass is 479 g/mol. The summed E-state index contributed by atoms with van der Waals surface area (Å²) in [4.78, 5) is 12.9. The van der Waals surface area contributed by atoms with Crippen molar-refractivity contribution in [1.29, 1.82) is 0 Å². The fourth-order valence-corrected chi connectivity index (χ4v) is 3.72. The summed E-state index contributed by atoms with van der Waals surface area (Å²) in [6, 6.07) is 9.11. The highest BCUT2D eigenvalue weighted by atomic mass is 79.9. The maximum Gasteiger partial charge on any atom is 0.280 e. The van der Waals surface area contributed by atoms with Gasteiger partial charge < -0.3 is 9.47 Å². The lowest BCUT2D eigenvalue weighted by Crippen LogP contribution is -2.21. The summed E-state index contributed by atoms with van der Waals surface area (Å²) in [5.41, 5.74) is 2.06.